The Labute approximate surface area is 223 Å². The van der Waals surface area contributed by atoms with Gasteiger partial charge in [-0.3, -0.25) is 0 Å². The van der Waals surface area contributed by atoms with Crippen LogP contribution in [0.5, 0.6) is 0 Å². The highest BCUT2D eigenvalue weighted by Crippen LogP contribution is 2.57. The summed E-state index contributed by atoms with van der Waals surface area (Å²) in [5, 5.41) is 9.48. The van der Waals surface area contributed by atoms with Crippen molar-refractivity contribution in [3.8, 4) is 0 Å². The number of hydrogen-bond acceptors (Lipinski definition) is 3. The number of benzene rings is 4. The molecule has 0 aliphatic carbocycles. The van der Waals surface area contributed by atoms with Crippen molar-refractivity contribution in [1.29, 1.82) is 0 Å². The molecule has 0 fully saturated rings. The molecule has 4 aromatic carbocycles. The Hall–Kier alpha value is -4.21. The summed E-state index contributed by atoms with van der Waals surface area (Å²) >= 11 is 0. The molecule has 1 unspecified atom stereocenters. The van der Waals surface area contributed by atoms with Crippen molar-refractivity contribution in [3.05, 3.63) is 138 Å². The molecule has 0 spiro atoms. The molecule has 1 heterocycles. The normalized spacial score (nSPS) is 15.4. The zero-order valence-corrected chi connectivity index (χ0v) is 22.1. The van der Waals surface area contributed by atoms with Gasteiger partial charge in [0.2, 0.25) is 0 Å². The van der Waals surface area contributed by atoms with Gasteiger partial charge in [0.25, 0.3) is 0 Å². The van der Waals surface area contributed by atoms with E-state index in [1.54, 1.807) is 6.92 Å². The van der Waals surface area contributed by atoms with E-state index in [-0.39, 0.29) is 12.6 Å². The van der Waals surface area contributed by atoms with Crippen molar-refractivity contribution >= 4 is 35.2 Å². The maximum absolute atomic E-state index is 13.5. The third-order valence-electron chi connectivity index (χ3n) is 6.77. The zero-order valence-electron chi connectivity index (χ0n) is 21.2. The first-order valence-electron chi connectivity index (χ1n) is 12.7. The van der Waals surface area contributed by atoms with Crippen LogP contribution in [-0.4, -0.2) is 24.8 Å². The number of ether oxygens (including phenoxy) is 1. The van der Waals surface area contributed by atoms with Crippen LogP contribution in [0.2, 0.25) is 0 Å². The highest BCUT2D eigenvalue weighted by Gasteiger charge is 2.48. The number of urea groups is 1. The van der Waals surface area contributed by atoms with E-state index in [0.29, 0.717) is 17.4 Å². The quantitative estimate of drug-likeness (QED) is 0.257. The molecule has 2 N–H and O–H groups in total. The van der Waals surface area contributed by atoms with Crippen molar-refractivity contribution in [2.24, 2.45) is 0 Å². The van der Waals surface area contributed by atoms with Crippen molar-refractivity contribution in [3.63, 3.8) is 0 Å². The molecule has 38 heavy (non-hydrogen) atoms. The second-order valence-corrected chi connectivity index (χ2v) is 12.5. The molecule has 0 saturated heterocycles. The number of allylic oxidation sites excluding steroid dienone is 1. The molecule has 190 valence electrons. The summed E-state index contributed by atoms with van der Waals surface area (Å²) in [6.07, 6.45) is 0.454. The minimum Gasteiger partial charge on any atom is -0.463 e. The van der Waals surface area contributed by atoms with Crippen LogP contribution in [0, 0.1) is 0 Å². The van der Waals surface area contributed by atoms with Gasteiger partial charge in [-0.2, -0.15) is 0 Å². The summed E-state index contributed by atoms with van der Waals surface area (Å²) in [5.41, 5.74) is 1.85. The van der Waals surface area contributed by atoms with Gasteiger partial charge in [-0.05, 0) is 48.9 Å². The van der Waals surface area contributed by atoms with Crippen molar-refractivity contribution in [2.45, 2.75) is 13.0 Å². The maximum atomic E-state index is 13.5. The van der Waals surface area contributed by atoms with Crippen molar-refractivity contribution < 1.29 is 14.3 Å². The van der Waals surface area contributed by atoms with Gasteiger partial charge in [0, 0.05) is 0 Å². The lowest BCUT2D eigenvalue weighted by molar-refractivity contribution is -0.139. The summed E-state index contributed by atoms with van der Waals surface area (Å²) in [7, 11) is -2.37. The first-order valence-corrected chi connectivity index (χ1v) is 14.7. The third kappa shape index (κ3) is 4.98. The fourth-order valence-corrected chi connectivity index (χ4v) is 9.30. The smallest absolute Gasteiger partial charge is 0.338 e. The molecule has 0 bridgehead atoms. The van der Waals surface area contributed by atoms with Crippen LogP contribution in [0.4, 0.5) is 4.79 Å². The minimum absolute atomic E-state index is 0.238. The van der Waals surface area contributed by atoms with Crippen molar-refractivity contribution in [1.82, 2.24) is 10.6 Å². The molecule has 4 aromatic rings. The van der Waals surface area contributed by atoms with E-state index in [4.69, 9.17) is 4.74 Å². The van der Waals surface area contributed by atoms with E-state index in [9.17, 15) is 9.59 Å². The summed E-state index contributed by atoms with van der Waals surface area (Å²) in [6.45, 7) is 2.03. The molecule has 6 heteroatoms. The average molecular weight is 522 g/mol. The van der Waals surface area contributed by atoms with E-state index in [1.807, 2.05) is 84.9 Å². The number of carbonyl (C=O) groups is 2. The highest BCUT2D eigenvalue weighted by atomic mass is 31.2. The molecular formula is C32H30N2O3P+. The number of rotatable bonds is 8. The van der Waals surface area contributed by atoms with Gasteiger partial charge in [0.1, 0.15) is 29.3 Å². The monoisotopic (exact) mass is 521 g/mol. The zero-order chi connectivity index (χ0) is 26.4. The molecule has 0 radical (unpaired) electrons. The summed E-state index contributed by atoms with van der Waals surface area (Å²) in [4.78, 5) is 26.6. The molecule has 5 rings (SSSR count). The molecule has 0 aromatic heterocycles. The van der Waals surface area contributed by atoms with Crippen LogP contribution in [0.3, 0.4) is 0 Å². The lowest BCUT2D eigenvalue weighted by Gasteiger charge is -2.33. The fourth-order valence-electron chi connectivity index (χ4n) is 5.09. The maximum Gasteiger partial charge on any atom is 0.338 e. The Morgan fingerprint density at radius 1 is 0.737 bits per heavy atom. The fraction of sp³-hybridized carbons (Fsp3) is 0.125. The van der Waals surface area contributed by atoms with Gasteiger partial charge >= 0.3 is 12.0 Å². The number of nitrogens with one attached hydrogen (secondary N) is 2. The molecule has 0 saturated carbocycles. The summed E-state index contributed by atoms with van der Waals surface area (Å²) in [6, 6.07) is 39.8. The summed E-state index contributed by atoms with van der Waals surface area (Å²) < 4.78 is 5.55. The Balaban J connectivity index is 1.79. The second kappa shape index (κ2) is 11.5. The van der Waals surface area contributed by atoms with Gasteiger partial charge in [-0.1, -0.05) is 84.9 Å². The number of hydrogen-bond donors (Lipinski definition) is 2. The number of esters is 1. The lowest BCUT2D eigenvalue weighted by atomic mass is 9.95. The van der Waals surface area contributed by atoms with Gasteiger partial charge in [-0.15, -0.1) is 0 Å². The van der Waals surface area contributed by atoms with Crippen LogP contribution < -0.4 is 26.5 Å². The van der Waals surface area contributed by atoms with Crippen LogP contribution >= 0.6 is 7.26 Å². The largest absolute Gasteiger partial charge is 0.463 e. The SMILES string of the molecule is CCOC(=O)C1=C(C[P+](c2ccccc2)(c2ccccc2)c2ccccc2)NC(=O)NC1c1ccccc1. The van der Waals surface area contributed by atoms with Crippen LogP contribution in [-0.2, 0) is 9.53 Å². The van der Waals surface area contributed by atoms with Gasteiger partial charge in [-0.25, -0.2) is 9.59 Å². The molecule has 1 aliphatic rings. The predicted molar refractivity (Wildman–Crippen MR) is 155 cm³/mol. The molecular weight excluding hydrogens is 491 g/mol. The lowest BCUT2D eigenvalue weighted by Crippen LogP contribution is -2.48. The first-order chi connectivity index (χ1) is 18.6. The molecule has 5 nitrogen and oxygen atoms in total. The topological polar surface area (TPSA) is 67.4 Å². The Morgan fingerprint density at radius 2 is 1.18 bits per heavy atom. The van der Waals surface area contributed by atoms with E-state index in [0.717, 1.165) is 21.5 Å². The Bertz CT molecular complexity index is 1330. The van der Waals surface area contributed by atoms with Gasteiger partial charge < -0.3 is 15.4 Å². The van der Waals surface area contributed by atoms with Gasteiger partial charge in [0.05, 0.1) is 23.9 Å². The second-order valence-electron chi connectivity index (χ2n) is 9.03. The highest BCUT2D eigenvalue weighted by molar-refractivity contribution is 7.95. The molecule has 2 amide bonds. The summed E-state index contributed by atoms with van der Waals surface area (Å²) in [5.74, 6) is -0.434. The van der Waals surface area contributed by atoms with E-state index >= 15 is 0 Å². The van der Waals surface area contributed by atoms with Crippen LogP contribution in [0.25, 0.3) is 0 Å². The molecule has 1 atom stereocenters. The molecule has 1 aliphatic heterocycles. The van der Waals surface area contributed by atoms with E-state index in [1.165, 1.54) is 0 Å². The minimum atomic E-state index is -2.37. The standard InChI is InChI=1S/C32H29N2O3P/c1-2-37-31(35)29-28(33-32(36)34-30(29)24-15-7-3-8-16-24)23-38(25-17-9-4-10-18-25,26-19-11-5-12-20-26)27-21-13-6-14-22-27/h3-22,30H,2,23H2,1H3,(H-,33,34,35,36)/p+1. The average Bonchev–Trinajstić information content (AvgIpc) is 2.97. The van der Waals surface area contributed by atoms with Crippen LogP contribution in [0.15, 0.2) is 133 Å². The Morgan fingerprint density at radius 3 is 1.63 bits per heavy atom. The number of amides is 2. The van der Waals surface area contributed by atoms with Crippen LogP contribution in [0.1, 0.15) is 18.5 Å². The predicted octanol–water partition coefficient (Wildman–Crippen LogP) is 4.85. The van der Waals surface area contributed by atoms with Crippen molar-refractivity contribution in [2.75, 3.05) is 12.8 Å². The van der Waals surface area contributed by atoms with Gasteiger partial charge in [0.15, 0.2) is 0 Å². The number of carbonyl (C=O) groups excluding carboxylic acids is 2. The first kappa shape index (κ1) is 25.4. The third-order valence-corrected chi connectivity index (χ3v) is 11.1. The Kier molecular flexibility index (Phi) is 7.67. The van der Waals surface area contributed by atoms with E-state index in [2.05, 4.69) is 47.0 Å². The van der Waals surface area contributed by atoms with E-state index < -0.39 is 19.3 Å².